The highest BCUT2D eigenvalue weighted by atomic mass is 16.2. The summed E-state index contributed by atoms with van der Waals surface area (Å²) in [6, 6.07) is 10.9. The van der Waals surface area contributed by atoms with Crippen LogP contribution in [0, 0.1) is 5.92 Å². The highest BCUT2D eigenvalue weighted by Crippen LogP contribution is 2.26. The Bertz CT molecular complexity index is 374. The SMILES string of the molecule is O=C1CC2CN(Cc3ccccc3)CC2N1. The molecule has 3 heteroatoms. The zero-order chi connectivity index (χ0) is 11.0. The Labute approximate surface area is 95.4 Å². The average molecular weight is 216 g/mol. The van der Waals surface area contributed by atoms with Crippen LogP contribution in [0.1, 0.15) is 12.0 Å². The number of carbonyl (C=O) groups is 1. The lowest BCUT2D eigenvalue weighted by atomic mass is 10.1. The van der Waals surface area contributed by atoms with Crippen LogP contribution in [0.5, 0.6) is 0 Å². The molecule has 1 amide bonds. The molecule has 0 saturated carbocycles. The predicted octanol–water partition coefficient (Wildman–Crippen LogP) is 1.01. The first-order chi connectivity index (χ1) is 7.81. The number of nitrogens with one attached hydrogen (secondary N) is 1. The standard InChI is InChI=1S/C13H16N2O/c16-13-6-11-8-15(9-12(11)14-13)7-10-4-2-1-3-5-10/h1-5,11-12H,6-9H2,(H,14,16). The molecule has 16 heavy (non-hydrogen) atoms. The van der Waals surface area contributed by atoms with Crippen LogP contribution in [0.25, 0.3) is 0 Å². The average Bonchev–Trinajstić information content (AvgIpc) is 2.76. The second-order valence-corrected chi connectivity index (χ2v) is 4.82. The minimum atomic E-state index is 0.231. The summed E-state index contributed by atoms with van der Waals surface area (Å²) in [7, 11) is 0. The number of hydrogen-bond donors (Lipinski definition) is 1. The van der Waals surface area contributed by atoms with E-state index in [9.17, 15) is 4.79 Å². The van der Waals surface area contributed by atoms with Crippen molar-refractivity contribution in [3.63, 3.8) is 0 Å². The first kappa shape index (κ1) is 9.85. The quantitative estimate of drug-likeness (QED) is 0.800. The third-order valence-corrected chi connectivity index (χ3v) is 3.56. The Balaban J connectivity index is 1.62. The maximum Gasteiger partial charge on any atom is 0.220 e. The van der Waals surface area contributed by atoms with Gasteiger partial charge < -0.3 is 5.32 Å². The summed E-state index contributed by atoms with van der Waals surface area (Å²) in [5.74, 6) is 0.769. The first-order valence-corrected chi connectivity index (χ1v) is 5.87. The van der Waals surface area contributed by atoms with E-state index in [1.165, 1.54) is 5.56 Å². The topological polar surface area (TPSA) is 32.3 Å². The molecular formula is C13H16N2O. The van der Waals surface area contributed by atoms with Gasteiger partial charge in [0.15, 0.2) is 0 Å². The Hall–Kier alpha value is -1.35. The molecule has 1 N–H and O–H groups in total. The number of benzene rings is 1. The fourth-order valence-electron chi connectivity index (χ4n) is 2.81. The molecular weight excluding hydrogens is 200 g/mol. The molecule has 0 aliphatic carbocycles. The maximum absolute atomic E-state index is 11.2. The van der Waals surface area contributed by atoms with Gasteiger partial charge in [0.2, 0.25) is 5.91 Å². The predicted molar refractivity (Wildman–Crippen MR) is 61.8 cm³/mol. The van der Waals surface area contributed by atoms with Gasteiger partial charge in [0.1, 0.15) is 0 Å². The number of likely N-dealkylation sites (tertiary alicyclic amines) is 1. The van der Waals surface area contributed by atoms with Gasteiger partial charge in [0, 0.05) is 38.0 Å². The number of carbonyl (C=O) groups excluding carboxylic acids is 1. The van der Waals surface area contributed by atoms with E-state index in [0.29, 0.717) is 12.0 Å². The maximum atomic E-state index is 11.2. The molecule has 2 aliphatic rings. The summed E-state index contributed by atoms with van der Waals surface area (Å²) >= 11 is 0. The molecule has 3 nitrogen and oxygen atoms in total. The van der Waals surface area contributed by atoms with Gasteiger partial charge in [0.05, 0.1) is 0 Å². The van der Waals surface area contributed by atoms with Crippen LogP contribution < -0.4 is 5.32 Å². The van der Waals surface area contributed by atoms with Gasteiger partial charge >= 0.3 is 0 Å². The molecule has 3 rings (SSSR count). The van der Waals surface area contributed by atoms with Crippen LogP contribution in [0.15, 0.2) is 30.3 Å². The summed E-state index contributed by atoms with van der Waals surface area (Å²) < 4.78 is 0. The Morgan fingerprint density at radius 1 is 1.25 bits per heavy atom. The van der Waals surface area contributed by atoms with Gasteiger partial charge in [-0.3, -0.25) is 9.69 Å². The van der Waals surface area contributed by atoms with Crippen molar-refractivity contribution in [2.75, 3.05) is 13.1 Å². The van der Waals surface area contributed by atoms with Crippen molar-refractivity contribution in [2.45, 2.75) is 19.0 Å². The Morgan fingerprint density at radius 3 is 2.81 bits per heavy atom. The van der Waals surface area contributed by atoms with E-state index in [2.05, 4.69) is 34.5 Å². The molecule has 2 atom stereocenters. The molecule has 1 aromatic carbocycles. The molecule has 0 bridgehead atoms. The van der Waals surface area contributed by atoms with Crippen molar-refractivity contribution in [2.24, 2.45) is 5.92 Å². The second kappa shape index (κ2) is 3.91. The fraction of sp³-hybridized carbons (Fsp3) is 0.462. The highest BCUT2D eigenvalue weighted by Gasteiger charge is 2.39. The molecule has 0 aromatic heterocycles. The van der Waals surface area contributed by atoms with E-state index in [0.717, 1.165) is 26.1 Å². The summed E-state index contributed by atoms with van der Waals surface area (Å²) in [6.45, 7) is 3.06. The number of amides is 1. The van der Waals surface area contributed by atoms with Crippen molar-refractivity contribution in [1.29, 1.82) is 0 Å². The van der Waals surface area contributed by atoms with Crippen molar-refractivity contribution in [3.05, 3.63) is 35.9 Å². The van der Waals surface area contributed by atoms with Crippen LogP contribution in [-0.4, -0.2) is 29.9 Å². The normalized spacial score (nSPS) is 29.1. The number of rotatable bonds is 2. The van der Waals surface area contributed by atoms with Crippen LogP contribution in [0.4, 0.5) is 0 Å². The smallest absolute Gasteiger partial charge is 0.220 e. The minimum absolute atomic E-state index is 0.231. The van der Waals surface area contributed by atoms with Gasteiger partial charge in [0.25, 0.3) is 0 Å². The van der Waals surface area contributed by atoms with E-state index < -0.39 is 0 Å². The lowest BCUT2D eigenvalue weighted by Crippen LogP contribution is -2.32. The van der Waals surface area contributed by atoms with Crippen LogP contribution >= 0.6 is 0 Å². The van der Waals surface area contributed by atoms with E-state index >= 15 is 0 Å². The molecule has 2 fully saturated rings. The lowest BCUT2D eigenvalue weighted by Gasteiger charge is -2.16. The lowest BCUT2D eigenvalue weighted by molar-refractivity contribution is -0.119. The van der Waals surface area contributed by atoms with Gasteiger partial charge in [-0.1, -0.05) is 30.3 Å². The third-order valence-electron chi connectivity index (χ3n) is 3.56. The number of hydrogen-bond acceptors (Lipinski definition) is 2. The van der Waals surface area contributed by atoms with E-state index in [1.807, 2.05) is 6.07 Å². The largest absolute Gasteiger partial charge is 0.352 e. The summed E-state index contributed by atoms with van der Waals surface area (Å²) in [5.41, 5.74) is 1.36. The van der Waals surface area contributed by atoms with Crippen molar-refractivity contribution >= 4 is 5.91 Å². The molecule has 2 aliphatic heterocycles. The number of nitrogens with zero attached hydrogens (tertiary/aromatic N) is 1. The molecule has 0 radical (unpaired) electrons. The molecule has 2 heterocycles. The molecule has 1 aromatic rings. The molecule has 2 saturated heterocycles. The van der Waals surface area contributed by atoms with Gasteiger partial charge in [-0.2, -0.15) is 0 Å². The Kier molecular flexibility index (Phi) is 2.40. The third kappa shape index (κ3) is 1.83. The number of fused-ring (bicyclic) bond motifs is 1. The van der Waals surface area contributed by atoms with Gasteiger partial charge in [-0.25, -0.2) is 0 Å². The minimum Gasteiger partial charge on any atom is -0.352 e. The van der Waals surface area contributed by atoms with Crippen LogP contribution in [0.3, 0.4) is 0 Å². The monoisotopic (exact) mass is 216 g/mol. The van der Waals surface area contributed by atoms with Crippen LogP contribution in [0.2, 0.25) is 0 Å². The fourth-order valence-corrected chi connectivity index (χ4v) is 2.81. The Morgan fingerprint density at radius 2 is 2.06 bits per heavy atom. The van der Waals surface area contributed by atoms with E-state index in [4.69, 9.17) is 0 Å². The summed E-state index contributed by atoms with van der Waals surface area (Å²) in [4.78, 5) is 13.6. The van der Waals surface area contributed by atoms with Gasteiger partial charge in [-0.15, -0.1) is 0 Å². The zero-order valence-electron chi connectivity index (χ0n) is 9.23. The van der Waals surface area contributed by atoms with Crippen LogP contribution in [-0.2, 0) is 11.3 Å². The highest BCUT2D eigenvalue weighted by molar-refractivity contribution is 5.79. The van der Waals surface area contributed by atoms with Crippen molar-refractivity contribution < 1.29 is 4.79 Å². The van der Waals surface area contributed by atoms with E-state index in [-0.39, 0.29) is 5.91 Å². The molecule has 0 spiro atoms. The summed E-state index contributed by atoms with van der Waals surface area (Å²) in [6.07, 6.45) is 0.718. The van der Waals surface area contributed by atoms with Crippen molar-refractivity contribution in [3.8, 4) is 0 Å². The van der Waals surface area contributed by atoms with Gasteiger partial charge in [-0.05, 0) is 5.56 Å². The van der Waals surface area contributed by atoms with Crippen molar-refractivity contribution in [1.82, 2.24) is 10.2 Å². The zero-order valence-corrected chi connectivity index (χ0v) is 9.23. The first-order valence-electron chi connectivity index (χ1n) is 5.87. The molecule has 84 valence electrons. The summed E-state index contributed by atoms with van der Waals surface area (Å²) in [5, 5.41) is 3.05. The van der Waals surface area contributed by atoms with E-state index in [1.54, 1.807) is 0 Å². The second-order valence-electron chi connectivity index (χ2n) is 4.82. The molecule has 2 unspecified atom stereocenters.